The second-order valence-corrected chi connectivity index (χ2v) is 7.19. The van der Waals surface area contributed by atoms with Gasteiger partial charge in [-0.2, -0.15) is 0 Å². The molecule has 1 unspecified atom stereocenters. The molecule has 0 aliphatic heterocycles. The number of carboxylic acids is 1. The van der Waals surface area contributed by atoms with E-state index in [9.17, 15) is 9.90 Å². The van der Waals surface area contributed by atoms with Crippen LogP contribution in [0.5, 0.6) is 0 Å². The van der Waals surface area contributed by atoms with Crippen LogP contribution in [-0.2, 0) is 11.2 Å². The zero-order valence-corrected chi connectivity index (χ0v) is 15.5. The van der Waals surface area contributed by atoms with Crippen LogP contribution in [0.25, 0.3) is 0 Å². The van der Waals surface area contributed by atoms with E-state index in [-0.39, 0.29) is 0 Å². The third-order valence-corrected chi connectivity index (χ3v) is 5.22. The average molecular weight is 343 g/mol. The molecule has 0 saturated carbocycles. The summed E-state index contributed by atoms with van der Waals surface area (Å²) in [5.74, 6) is -0.341. The largest absolute Gasteiger partial charge is 0.480 e. The number of thioether (sulfide) groups is 1. The van der Waals surface area contributed by atoms with Gasteiger partial charge in [-0.1, -0.05) is 42.3 Å². The fraction of sp³-hybridized carbons (Fsp3) is 0.350. The van der Waals surface area contributed by atoms with Gasteiger partial charge in [0.15, 0.2) is 0 Å². The number of benzene rings is 2. The van der Waals surface area contributed by atoms with Crippen molar-refractivity contribution in [2.24, 2.45) is 0 Å². The highest BCUT2D eigenvalue weighted by atomic mass is 32.2. The molecule has 4 heteroatoms. The number of carbonyl (C=O) groups is 1. The van der Waals surface area contributed by atoms with Gasteiger partial charge in [-0.15, -0.1) is 11.8 Å². The van der Waals surface area contributed by atoms with E-state index in [1.54, 1.807) is 11.8 Å². The van der Waals surface area contributed by atoms with Gasteiger partial charge in [0.25, 0.3) is 0 Å². The van der Waals surface area contributed by atoms with Gasteiger partial charge in [-0.3, -0.25) is 0 Å². The molecule has 0 amide bonds. The van der Waals surface area contributed by atoms with Gasteiger partial charge >= 0.3 is 5.97 Å². The molecule has 128 valence electrons. The Morgan fingerprint density at radius 2 is 1.79 bits per heavy atom. The quantitative estimate of drug-likeness (QED) is 0.707. The zero-order valence-electron chi connectivity index (χ0n) is 14.7. The number of rotatable bonds is 7. The topological polar surface area (TPSA) is 49.3 Å². The van der Waals surface area contributed by atoms with E-state index < -0.39 is 12.0 Å². The Morgan fingerprint density at radius 3 is 2.42 bits per heavy atom. The summed E-state index contributed by atoms with van der Waals surface area (Å²) >= 11 is 1.60. The summed E-state index contributed by atoms with van der Waals surface area (Å²) in [6.07, 6.45) is 0.951. The maximum Gasteiger partial charge on any atom is 0.326 e. The van der Waals surface area contributed by atoms with Gasteiger partial charge in [-0.25, -0.2) is 4.79 Å². The summed E-state index contributed by atoms with van der Waals surface area (Å²) in [4.78, 5) is 12.8. The Kier molecular flexibility index (Phi) is 6.32. The molecular formula is C20H25NO2S. The molecule has 0 fully saturated rings. The summed E-state index contributed by atoms with van der Waals surface area (Å²) in [6.45, 7) is 8.23. The number of hydrogen-bond donors (Lipinski definition) is 2. The monoisotopic (exact) mass is 343 g/mol. The molecule has 0 aliphatic rings. The van der Waals surface area contributed by atoms with E-state index in [0.717, 1.165) is 22.6 Å². The van der Waals surface area contributed by atoms with Crippen molar-refractivity contribution in [3.05, 3.63) is 58.7 Å². The van der Waals surface area contributed by atoms with Crippen LogP contribution in [0.15, 0.2) is 41.3 Å². The van der Waals surface area contributed by atoms with Gasteiger partial charge < -0.3 is 10.4 Å². The number of aryl methyl sites for hydroxylation is 4. The minimum absolute atomic E-state index is 0.485. The summed E-state index contributed by atoms with van der Waals surface area (Å²) in [7, 11) is 0. The van der Waals surface area contributed by atoms with Crippen molar-refractivity contribution in [2.45, 2.75) is 45.1 Å². The third-order valence-electron chi connectivity index (χ3n) is 4.01. The van der Waals surface area contributed by atoms with Crippen molar-refractivity contribution >= 4 is 23.4 Å². The van der Waals surface area contributed by atoms with E-state index >= 15 is 0 Å². The van der Waals surface area contributed by atoms with Crippen LogP contribution in [-0.4, -0.2) is 22.9 Å². The molecule has 2 aromatic rings. The lowest BCUT2D eigenvalue weighted by Crippen LogP contribution is -2.32. The van der Waals surface area contributed by atoms with Gasteiger partial charge in [0.2, 0.25) is 0 Å². The molecule has 0 heterocycles. The van der Waals surface area contributed by atoms with Crippen LogP contribution in [0.4, 0.5) is 5.69 Å². The normalized spacial score (nSPS) is 12.0. The van der Waals surface area contributed by atoms with Crippen LogP contribution >= 0.6 is 11.8 Å². The fourth-order valence-corrected chi connectivity index (χ4v) is 3.76. The van der Waals surface area contributed by atoms with E-state index in [0.29, 0.717) is 5.75 Å². The minimum Gasteiger partial charge on any atom is -0.480 e. The highest BCUT2D eigenvalue weighted by Gasteiger charge is 2.19. The summed E-state index contributed by atoms with van der Waals surface area (Å²) in [5.41, 5.74) is 5.63. The third kappa shape index (κ3) is 4.78. The Morgan fingerprint density at radius 1 is 1.12 bits per heavy atom. The van der Waals surface area contributed by atoms with Crippen molar-refractivity contribution in [3.8, 4) is 0 Å². The number of aliphatic carboxylic acids is 1. The molecule has 0 aliphatic carbocycles. The Hall–Kier alpha value is -1.94. The first kappa shape index (κ1) is 18.4. The molecular weight excluding hydrogens is 318 g/mol. The van der Waals surface area contributed by atoms with Crippen molar-refractivity contribution in [2.75, 3.05) is 11.1 Å². The molecule has 1 atom stereocenters. The molecule has 3 nitrogen and oxygen atoms in total. The zero-order chi connectivity index (χ0) is 17.7. The fourth-order valence-electron chi connectivity index (χ4n) is 2.64. The van der Waals surface area contributed by atoms with E-state index in [2.05, 4.69) is 43.4 Å². The molecule has 2 N–H and O–H groups in total. The van der Waals surface area contributed by atoms with Gasteiger partial charge in [-0.05, 0) is 50.5 Å². The molecule has 2 aromatic carbocycles. The predicted octanol–water partition coefficient (Wildman–Crippen LogP) is 4.83. The van der Waals surface area contributed by atoms with Crippen LogP contribution in [0.3, 0.4) is 0 Å². The standard InChI is InChI=1S/C20H25NO2S/c1-5-16-11-14(3)7-9-19(16)24-12-18(20(22)23)21-17-8-6-13(2)10-15(17)4/h6-11,18,21H,5,12H2,1-4H3,(H,22,23). The maximum atomic E-state index is 11.6. The van der Waals surface area contributed by atoms with Crippen LogP contribution < -0.4 is 5.32 Å². The predicted molar refractivity (Wildman–Crippen MR) is 102 cm³/mol. The Balaban J connectivity index is 2.10. The van der Waals surface area contributed by atoms with Crippen molar-refractivity contribution < 1.29 is 9.90 Å². The van der Waals surface area contributed by atoms with Gasteiger partial charge in [0.05, 0.1) is 0 Å². The number of anilines is 1. The van der Waals surface area contributed by atoms with Crippen LogP contribution in [0.1, 0.15) is 29.2 Å². The molecule has 24 heavy (non-hydrogen) atoms. The van der Waals surface area contributed by atoms with Crippen molar-refractivity contribution in [1.82, 2.24) is 0 Å². The molecule has 0 aromatic heterocycles. The lowest BCUT2D eigenvalue weighted by Gasteiger charge is -2.18. The Labute approximate surface area is 148 Å². The first-order chi connectivity index (χ1) is 11.4. The maximum absolute atomic E-state index is 11.6. The summed E-state index contributed by atoms with van der Waals surface area (Å²) in [6, 6.07) is 11.7. The molecule has 0 radical (unpaired) electrons. The van der Waals surface area contributed by atoms with E-state index in [4.69, 9.17) is 0 Å². The first-order valence-corrected chi connectivity index (χ1v) is 9.18. The SMILES string of the molecule is CCc1cc(C)ccc1SCC(Nc1ccc(C)cc1C)C(=O)O. The highest BCUT2D eigenvalue weighted by Crippen LogP contribution is 2.26. The van der Waals surface area contributed by atoms with Gasteiger partial charge in [0, 0.05) is 16.3 Å². The van der Waals surface area contributed by atoms with Crippen LogP contribution in [0, 0.1) is 20.8 Å². The first-order valence-electron chi connectivity index (χ1n) is 8.19. The smallest absolute Gasteiger partial charge is 0.326 e. The van der Waals surface area contributed by atoms with E-state index in [1.807, 2.05) is 26.0 Å². The van der Waals surface area contributed by atoms with Crippen molar-refractivity contribution in [3.63, 3.8) is 0 Å². The minimum atomic E-state index is -0.826. The number of carboxylic acid groups (broad SMARTS) is 1. The lowest BCUT2D eigenvalue weighted by atomic mass is 10.1. The molecule has 0 spiro atoms. The second kappa shape index (κ2) is 8.25. The molecule has 2 rings (SSSR count). The van der Waals surface area contributed by atoms with Crippen LogP contribution in [0.2, 0.25) is 0 Å². The number of nitrogens with one attached hydrogen (secondary N) is 1. The lowest BCUT2D eigenvalue weighted by molar-refractivity contribution is -0.137. The number of hydrogen-bond acceptors (Lipinski definition) is 3. The second-order valence-electron chi connectivity index (χ2n) is 6.13. The van der Waals surface area contributed by atoms with Gasteiger partial charge in [0.1, 0.15) is 6.04 Å². The Bertz CT molecular complexity index is 728. The highest BCUT2D eigenvalue weighted by molar-refractivity contribution is 7.99. The molecule has 0 bridgehead atoms. The molecule has 0 saturated heterocycles. The van der Waals surface area contributed by atoms with Crippen molar-refractivity contribution in [1.29, 1.82) is 0 Å². The summed E-state index contributed by atoms with van der Waals surface area (Å²) < 4.78 is 0. The average Bonchev–Trinajstić information content (AvgIpc) is 2.53. The summed E-state index contributed by atoms with van der Waals surface area (Å²) in [5, 5.41) is 12.7. The van der Waals surface area contributed by atoms with E-state index in [1.165, 1.54) is 16.7 Å².